The van der Waals surface area contributed by atoms with E-state index in [0.29, 0.717) is 6.04 Å². The number of nitrogens with one attached hydrogen (secondary N) is 1. The van der Waals surface area contributed by atoms with Gasteiger partial charge in [0.1, 0.15) is 5.82 Å². The summed E-state index contributed by atoms with van der Waals surface area (Å²) in [5.74, 6) is 1.21. The third-order valence-corrected chi connectivity index (χ3v) is 4.54. The van der Waals surface area contributed by atoms with Gasteiger partial charge in [0.05, 0.1) is 6.04 Å². The Hall–Kier alpha value is -1.36. The molecule has 1 N–H and O–H groups in total. The lowest BCUT2D eigenvalue weighted by molar-refractivity contribution is -0.126. The second kappa shape index (κ2) is 7.59. The molecule has 118 valence electrons. The maximum Gasteiger partial charge on any atom is 0.237 e. The van der Waals surface area contributed by atoms with Gasteiger partial charge in [0.15, 0.2) is 0 Å². The van der Waals surface area contributed by atoms with Crippen LogP contribution in [0.3, 0.4) is 0 Å². The number of aromatic nitrogens is 2. The van der Waals surface area contributed by atoms with Crippen LogP contribution < -0.4 is 5.32 Å². The highest BCUT2D eigenvalue weighted by molar-refractivity contribution is 5.81. The largest absolute Gasteiger partial charge is 0.352 e. The summed E-state index contributed by atoms with van der Waals surface area (Å²) in [7, 11) is 2.04. The van der Waals surface area contributed by atoms with E-state index in [1.165, 1.54) is 12.8 Å². The molecule has 5 heteroatoms. The van der Waals surface area contributed by atoms with Gasteiger partial charge in [-0.05, 0) is 33.2 Å². The third kappa shape index (κ3) is 4.30. The van der Waals surface area contributed by atoms with Gasteiger partial charge in [-0.25, -0.2) is 4.98 Å². The maximum absolute atomic E-state index is 12.4. The highest BCUT2D eigenvalue weighted by Crippen LogP contribution is 2.18. The van der Waals surface area contributed by atoms with Crippen molar-refractivity contribution in [3.63, 3.8) is 0 Å². The minimum absolute atomic E-state index is 0.0329. The SMILES string of the molecule is CC[C@H](C(=O)NC1CCCC1)N(C)CCn1ccnc1C. The number of nitrogens with zero attached hydrogens (tertiary/aromatic N) is 3. The van der Waals surface area contributed by atoms with Gasteiger partial charge >= 0.3 is 0 Å². The molecular formula is C16H28N4O. The summed E-state index contributed by atoms with van der Waals surface area (Å²) in [6.45, 7) is 5.81. The summed E-state index contributed by atoms with van der Waals surface area (Å²) < 4.78 is 2.12. The number of carbonyl (C=O) groups excluding carboxylic acids is 1. The number of aryl methyl sites for hydroxylation is 1. The molecule has 1 fully saturated rings. The van der Waals surface area contributed by atoms with Gasteiger partial charge in [-0.2, -0.15) is 0 Å². The average Bonchev–Trinajstić information content (AvgIpc) is 3.09. The van der Waals surface area contributed by atoms with E-state index in [2.05, 4.69) is 26.7 Å². The van der Waals surface area contributed by atoms with Crippen LogP contribution in [0.4, 0.5) is 0 Å². The zero-order valence-electron chi connectivity index (χ0n) is 13.5. The Morgan fingerprint density at radius 3 is 2.81 bits per heavy atom. The Morgan fingerprint density at radius 2 is 2.24 bits per heavy atom. The predicted octanol–water partition coefficient (Wildman–Crippen LogP) is 1.96. The van der Waals surface area contributed by atoms with Crippen molar-refractivity contribution in [3.8, 4) is 0 Å². The van der Waals surface area contributed by atoms with Gasteiger partial charge in [0.25, 0.3) is 0 Å². The van der Waals surface area contributed by atoms with Crippen molar-refractivity contribution < 1.29 is 4.79 Å². The summed E-state index contributed by atoms with van der Waals surface area (Å²) in [4.78, 5) is 18.8. The molecule has 1 heterocycles. The molecule has 0 radical (unpaired) electrons. The summed E-state index contributed by atoms with van der Waals surface area (Å²) in [5, 5.41) is 3.22. The summed E-state index contributed by atoms with van der Waals surface area (Å²) in [5.41, 5.74) is 0. The highest BCUT2D eigenvalue weighted by atomic mass is 16.2. The molecule has 1 amide bonds. The predicted molar refractivity (Wildman–Crippen MR) is 84.1 cm³/mol. The standard InChI is InChI=1S/C16H28N4O/c1-4-15(16(21)18-14-7-5-6-8-14)19(3)11-12-20-10-9-17-13(20)2/h9-10,14-15H,4-8,11-12H2,1-3H3,(H,18,21)/t15-/m1/s1. The molecule has 2 rings (SSSR count). The molecule has 1 saturated carbocycles. The lowest BCUT2D eigenvalue weighted by Gasteiger charge is -2.27. The fourth-order valence-corrected chi connectivity index (χ4v) is 3.13. The average molecular weight is 292 g/mol. The number of carbonyl (C=O) groups is 1. The van der Waals surface area contributed by atoms with Crippen LogP contribution in [0.5, 0.6) is 0 Å². The Labute approximate surface area is 127 Å². The molecule has 1 aliphatic carbocycles. The van der Waals surface area contributed by atoms with Gasteiger partial charge < -0.3 is 9.88 Å². The summed E-state index contributed by atoms with van der Waals surface area (Å²) >= 11 is 0. The van der Waals surface area contributed by atoms with Crippen molar-refractivity contribution in [1.29, 1.82) is 0 Å². The Bertz CT molecular complexity index is 451. The minimum atomic E-state index is -0.0329. The van der Waals surface area contributed by atoms with E-state index in [0.717, 1.165) is 38.2 Å². The number of hydrogen-bond acceptors (Lipinski definition) is 3. The van der Waals surface area contributed by atoms with Crippen LogP contribution in [0.15, 0.2) is 12.4 Å². The van der Waals surface area contributed by atoms with E-state index in [4.69, 9.17) is 0 Å². The van der Waals surface area contributed by atoms with Crippen LogP contribution in [-0.2, 0) is 11.3 Å². The molecule has 0 saturated heterocycles. The molecule has 21 heavy (non-hydrogen) atoms. The van der Waals surface area contributed by atoms with Gasteiger partial charge in [-0.15, -0.1) is 0 Å². The van der Waals surface area contributed by atoms with E-state index >= 15 is 0 Å². The van der Waals surface area contributed by atoms with Crippen molar-refractivity contribution in [2.75, 3.05) is 13.6 Å². The van der Waals surface area contributed by atoms with Gasteiger partial charge in [-0.1, -0.05) is 19.8 Å². The zero-order chi connectivity index (χ0) is 15.2. The fraction of sp³-hybridized carbons (Fsp3) is 0.750. The highest BCUT2D eigenvalue weighted by Gasteiger charge is 2.25. The monoisotopic (exact) mass is 292 g/mol. The Morgan fingerprint density at radius 1 is 1.52 bits per heavy atom. The van der Waals surface area contributed by atoms with Crippen LogP contribution in [0.1, 0.15) is 44.9 Å². The Kier molecular flexibility index (Phi) is 5.79. The molecule has 0 aromatic carbocycles. The van der Waals surface area contributed by atoms with Crippen molar-refractivity contribution in [3.05, 3.63) is 18.2 Å². The number of likely N-dealkylation sites (N-methyl/N-ethyl adjacent to an activating group) is 1. The van der Waals surface area contributed by atoms with Crippen molar-refractivity contribution in [2.24, 2.45) is 0 Å². The molecule has 1 aliphatic rings. The van der Waals surface area contributed by atoms with E-state index in [1.54, 1.807) is 0 Å². The number of rotatable bonds is 7. The zero-order valence-corrected chi connectivity index (χ0v) is 13.5. The van der Waals surface area contributed by atoms with Gasteiger partial charge in [0, 0.05) is 31.5 Å². The van der Waals surface area contributed by atoms with Crippen LogP contribution in [0.25, 0.3) is 0 Å². The van der Waals surface area contributed by atoms with Crippen molar-refractivity contribution in [2.45, 2.75) is 64.6 Å². The van der Waals surface area contributed by atoms with E-state index in [1.807, 2.05) is 26.4 Å². The molecule has 1 aromatic rings. The van der Waals surface area contributed by atoms with E-state index in [-0.39, 0.29) is 11.9 Å². The van der Waals surface area contributed by atoms with Crippen molar-refractivity contribution in [1.82, 2.24) is 19.8 Å². The second-order valence-corrected chi connectivity index (χ2v) is 6.06. The van der Waals surface area contributed by atoms with Gasteiger partial charge in [0.2, 0.25) is 5.91 Å². The number of amides is 1. The molecule has 0 aliphatic heterocycles. The normalized spacial score (nSPS) is 17.3. The quantitative estimate of drug-likeness (QED) is 0.836. The lowest BCUT2D eigenvalue weighted by Crippen LogP contribution is -2.48. The molecule has 0 spiro atoms. The van der Waals surface area contributed by atoms with Gasteiger partial charge in [-0.3, -0.25) is 9.69 Å². The first-order chi connectivity index (χ1) is 10.1. The van der Waals surface area contributed by atoms with Crippen LogP contribution in [0.2, 0.25) is 0 Å². The van der Waals surface area contributed by atoms with Crippen LogP contribution >= 0.6 is 0 Å². The molecule has 1 atom stereocenters. The first-order valence-corrected chi connectivity index (χ1v) is 8.10. The topological polar surface area (TPSA) is 50.2 Å². The first kappa shape index (κ1) is 16.0. The van der Waals surface area contributed by atoms with E-state index < -0.39 is 0 Å². The molecule has 5 nitrogen and oxygen atoms in total. The molecule has 0 bridgehead atoms. The maximum atomic E-state index is 12.4. The Balaban J connectivity index is 1.83. The lowest BCUT2D eigenvalue weighted by atomic mass is 10.1. The van der Waals surface area contributed by atoms with Crippen LogP contribution in [-0.4, -0.2) is 46.0 Å². The summed E-state index contributed by atoms with van der Waals surface area (Å²) in [6, 6.07) is 0.366. The number of hydrogen-bond donors (Lipinski definition) is 1. The minimum Gasteiger partial charge on any atom is -0.352 e. The first-order valence-electron chi connectivity index (χ1n) is 8.10. The molecular weight excluding hydrogens is 264 g/mol. The van der Waals surface area contributed by atoms with Crippen molar-refractivity contribution >= 4 is 5.91 Å². The smallest absolute Gasteiger partial charge is 0.237 e. The fourth-order valence-electron chi connectivity index (χ4n) is 3.13. The summed E-state index contributed by atoms with van der Waals surface area (Å²) in [6.07, 6.45) is 9.43. The molecule has 1 aromatic heterocycles. The molecule has 0 unspecified atom stereocenters. The third-order valence-electron chi connectivity index (χ3n) is 4.54. The number of imidazole rings is 1. The van der Waals surface area contributed by atoms with Crippen LogP contribution in [0, 0.1) is 6.92 Å². The van der Waals surface area contributed by atoms with E-state index in [9.17, 15) is 4.79 Å². The second-order valence-electron chi connectivity index (χ2n) is 6.06.